The van der Waals surface area contributed by atoms with Crippen LogP contribution in [0.15, 0.2) is 0 Å². The number of unbranched alkanes of at least 4 members (excludes halogenated alkanes) is 3. The lowest BCUT2D eigenvalue weighted by molar-refractivity contribution is -0.140. The molecule has 0 aliphatic carbocycles. The third-order valence-electron chi connectivity index (χ3n) is 3.76. The molecule has 0 fully saturated rings. The second-order valence-corrected chi connectivity index (χ2v) is 5.85. The maximum absolute atomic E-state index is 10.9. The fourth-order valence-electron chi connectivity index (χ4n) is 2.26. The van der Waals surface area contributed by atoms with Gasteiger partial charge in [0, 0.05) is 13.0 Å². The van der Waals surface area contributed by atoms with Gasteiger partial charge in [-0.15, -0.1) is 0 Å². The van der Waals surface area contributed by atoms with Crippen LogP contribution in [0.5, 0.6) is 0 Å². The topological polar surface area (TPSA) is 46.5 Å². The molecule has 3 heteroatoms. The number of aliphatic hydroxyl groups excluding tert-OH is 1. The van der Waals surface area contributed by atoms with Gasteiger partial charge < -0.3 is 9.84 Å². The van der Waals surface area contributed by atoms with Gasteiger partial charge in [-0.25, -0.2) is 0 Å². The summed E-state index contributed by atoms with van der Waals surface area (Å²) in [4.78, 5) is 10.9. The van der Waals surface area contributed by atoms with E-state index in [1.54, 1.807) is 0 Å². The fraction of sp³-hybridized carbons (Fsp3) is 0.938. The van der Waals surface area contributed by atoms with Crippen LogP contribution in [0.1, 0.15) is 71.6 Å². The normalized spacial score (nSPS) is 14.1. The van der Waals surface area contributed by atoms with E-state index in [0.29, 0.717) is 18.9 Å². The Bertz CT molecular complexity index is 216. The molecule has 0 aromatic rings. The second kappa shape index (κ2) is 12.5. The van der Waals surface area contributed by atoms with E-state index in [-0.39, 0.29) is 5.97 Å². The predicted molar refractivity (Wildman–Crippen MR) is 79.0 cm³/mol. The Balaban J connectivity index is 3.30. The van der Waals surface area contributed by atoms with Crippen LogP contribution >= 0.6 is 0 Å². The minimum absolute atomic E-state index is 0.0920. The molecule has 0 rings (SSSR count). The maximum atomic E-state index is 10.9. The highest BCUT2D eigenvalue weighted by atomic mass is 16.5. The van der Waals surface area contributed by atoms with Crippen molar-refractivity contribution in [2.24, 2.45) is 11.8 Å². The standard InChI is InChI=1S/C16H32O3/c1-14(10-7-8-12-16(18)19-3)9-5-4-6-11-15(2)13-17/h14-15,17H,4-13H2,1-3H3/t14-,15+/m0/s1. The lowest BCUT2D eigenvalue weighted by Crippen LogP contribution is -2.01. The summed E-state index contributed by atoms with van der Waals surface area (Å²) in [7, 11) is 1.45. The smallest absolute Gasteiger partial charge is 0.305 e. The highest BCUT2D eigenvalue weighted by Crippen LogP contribution is 2.18. The van der Waals surface area contributed by atoms with Crippen molar-refractivity contribution in [1.29, 1.82) is 0 Å². The number of rotatable bonds is 12. The zero-order chi connectivity index (χ0) is 14.5. The Morgan fingerprint density at radius 1 is 0.947 bits per heavy atom. The minimum atomic E-state index is -0.0920. The van der Waals surface area contributed by atoms with Crippen molar-refractivity contribution in [3.05, 3.63) is 0 Å². The lowest BCUT2D eigenvalue weighted by Gasteiger charge is -2.11. The Morgan fingerprint density at radius 2 is 1.47 bits per heavy atom. The van der Waals surface area contributed by atoms with E-state index in [1.807, 2.05) is 0 Å². The van der Waals surface area contributed by atoms with E-state index < -0.39 is 0 Å². The molecular weight excluding hydrogens is 240 g/mol. The van der Waals surface area contributed by atoms with Crippen molar-refractivity contribution in [3.63, 3.8) is 0 Å². The molecular formula is C16H32O3. The Labute approximate surface area is 118 Å². The van der Waals surface area contributed by atoms with Gasteiger partial charge in [0.1, 0.15) is 0 Å². The van der Waals surface area contributed by atoms with E-state index in [0.717, 1.165) is 25.2 Å². The number of aliphatic hydroxyl groups is 1. The van der Waals surface area contributed by atoms with Crippen molar-refractivity contribution in [3.8, 4) is 0 Å². The molecule has 1 N–H and O–H groups in total. The van der Waals surface area contributed by atoms with E-state index in [9.17, 15) is 4.79 Å². The largest absolute Gasteiger partial charge is 0.469 e. The van der Waals surface area contributed by atoms with E-state index in [1.165, 1.54) is 39.2 Å². The van der Waals surface area contributed by atoms with Crippen molar-refractivity contribution in [2.75, 3.05) is 13.7 Å². The predicted octanol–water partition coefficient (Wildman–Crippen LogP) is 3.93. The van der Waals surface area contributed by atoms with Crippen LogP contribution in [0.4, 0.5) is 0 Å². The molecule has 0 heterocycles. The molecule has 0 aliphatic heterocycles. The molecule has 0 radical (unpaired) electrons. The molecule has 0 aromatic heterocycles. The average molecular weight is 272 g/mol. The van der Waals surface area contributed by atoms with E-state index >= 15 is 0 Å². The van der Waals surface area contributed by atoms with Crippen molar-refractivity contribution in [1.82, 2.24) is 0 Å². The third kappa shape index (κ3) is 12.2. The molecule has 0 saturated carbocycles. The zero-order valence-electron chi connectivity index (χ0n) is 13.0. The van der Waals surface area contributed by atoms with Gasteiger partial charge in [-0.2, -0.15) is 0 Å². The summed E-state index contributed by atoms with van der Waals surface area (Å²) in [6.45, 7) is 4.72. The van der Waals surface area contributed by atoms with Crippen LogP contribution in [0, 0.1) is 11.8 Å². The highest BCUT2D eigenvalue weighted by molar-refractivity contribution is 5.68. The SMILES string of the molecule is COC(=O)CCCC[C@@H](C)CCCCC[C@@H](C)CO. The summed E-state index contributed by atoms with van der Waals surface area (Å²) in [6, 6.07) is 0. The average Bonchev–Trinajstić information content (AvgIpc) is 2.42. The molecule has 0 spiro atoms. The number of carbonyl (C=O) groups excluding carboxylic acids is 1. The van der Waals surface area contributed by atoms with Gasteiger partial charge in [-0.3, -0.25) is 4.79 Å². The number of hydrogen-bond acceptors (Lipinski definition) is 3. The van der Waals surface area contributed by atoms with Gasteiger partial charge in [0.05, 0.1) is 7.11 Å². The molecule has 0 aliphatic rings. The first kappa shape index (κ1) is 18.4. The van der Waals surface area contributed by atoms with Crippen LogP contribution in [0.3, 0.4) is 0 Å². The van der Waals surface area contributed by atoms with Crippen LogP contribution in [0.25, 0.3) is 0 Å². The Kier molecular flexibility index (Phi) is 12.1. The molecule has 3 nitrogen and oxygen atoms in total. The van der Waals surface area contributed by atoms with Gasteiger partial charge in [-0.05, 0) is 24.7 Å². The number of hydrogen-bond donors (Lipinski definition) is 1. The first-order chi connectivity index (χ1) is 9.10. The second-order valence-electron chi connectivity index (χ2n) is 5.85. The first-order valence-electron chi connectivity index (χ1n) is 7.77. The molecule has 0 saturated heterocycles. The molecule has 2 atom stereocenters. The third-order valence-corrected chi connectivity index (χ3v) is 3.76. The minimum Gasteiger partial charge on any atom is -0.469 e. The zero-order valence-corrected chi connectivity index (χ0v) is 13.0. The first-order valence-corrected chi connectivity index (χ1v) is 7.77. The summed E-state index contributed by atoms with van der Waals surface area (Å²) in [5, 5.41) is 8.92. The Hall–Kier alpha value is -0.570. The van der Waals surface area contributed by atoms with Gasteiger partial charge in [0.15, 0.2) is 0 Å². The van der Waals surface area contributed by atoms with Crippen LogP contribution in [-0.4, -0.2) is 24.8 Å². The number of carbonyl (C=O) groups is 1. The van der Waals surface area contributed by atoms with Crippen LogP contribution < -0.4 is 0 Å². The Morgan fingerprint density at radius 3 is 2.00 bits per heavy atom. The van der Waals surface area contributed by atoms with Crippen LogP contribution in [0.2, 0.25) is 0 Å². The summed E-state index contributed by atoms with van der Waals surface area (Å²) < 4.78 is 4.62. The molecule has 0 bridgehead atoms. The quantitative estimate of drug-likeness (QED) is 0.432. The molecule has 0 amide bonds. The summed E-state index contributed by atoms with van der Waals surface area (Å²) >= 11 is 0. The van der Waals surface area contributed by atoms with Gasteiger partial charge in [0.25, 0.3) is 0 Å². The number of esters is 1. The van der Waals surface area contributed by atoms with Crippen molar-refractivity contribution < 1.29 is 14.6 Å². The monoisotopic (exact) mass is 272 g/mol. The van der Waals surface area contributed by atoms with Crippen LogP contribution in [-0.2, 0) is 9.53 Å². The maximum Gasteiger partial charge on any atom is 0.305 e. The summed E-state index contributed by atoms with van der Waals surface area (Å²) in [5.74, 6) is 1.12. The molecule has 0 unspecified atom stereocenters. The molecule has 0 aromatic carbocycles. The van der Waals surface area contributed by atoms with Crippen molar-refractivity contribution in [2.45, 2.75) is 71.6 Å². The van der Waals surface area contributed by atoms with E-state index in [4.69, 9.17) is 5.11 Å². The van der Waals surface area contributed by atoms with E-state index in [2.05, 4.69) is 18.6 Å². The summed E-state index contributed by atoms with van der Waals surface area (Å²) in [6.07, 6.45) is 10.1. The number of methoxy groups -OCH3 is 1. The molecule has 114 valence electrons. The fourth-order valence-corrected chi connectivity index (χ4v) is 2.26. The lowest BCUT2D eigenvalue weighted by atomic mass is 9.95. The van der Waals surface area contributed by atoms with Gasteiger partial charge in [-0.1, -0.05) is 52.4 Å². The van der Waals surface area contributed by atoms with Gasteiger partial charge >= 0.3 is 5.97 Å². The summed E-state index contributed by atoms with van der Waals surface area (Å²) in [5.41, 5.74) is 0. The van der Waals surface area contributed by atoms with Crippen molar-refractivity contribution >= 4 is 5.97 Å². The molecule has 19 heavy (non-hydrogen) atoms. The van der Waals surface area contributed by atoms with Gasteiger partial charge in [0.2, 0.25) is 0 Å². The highest BCUT2D eigenvalue weighted by Gasteiger charge is 2.05. The number of ether oxygens (including phenoxy) is 1.